The molecule has 2 rings (SSSR count). The van der Waals surface area contributed by atoms with Crippen molar-refractivity contribution >= 4 is 17.7 Å². The van der Waals surface area contributed by atoms with Gasteiger partial charge < -0.3 is 20.1 Å². The Morgan fingerprint density at radius 2 is 2.35 bits per heavy atom. The van der Waals surface area contributed by atoms with Gasteiger partial charge in [-0.1, -0.05) is 0 Å². The van der Waals surface area contributed by atoms with Crippen molar-refractivity contribution in [2.24, 2.45) is 0 Å². The van der Waals surface area contributed by atoms with E-state index in [4.69, 9.17) is 9.84 Å². The summed E-state index contributed by atoms with van der Waals surface area (Å²) in [7, 11) is 1.51. The molecule has 0 saturated carbocycles. The Morgan fingerprint density at radius 3 is 2.90 bits per heavy atom. The van der Waals surface area contributed by atoms with Gasteiger partial charge in [-0.05, 0) is 6.92 Å². The molecule has 1 saturated heterocycles. The molecular weight excluding hydrogens is 264 g/mol. The molecule has 20 heavy (non-hydrogen) atoms. The molecule has 2 heterocycles. The van der Waals surface area contributed by atoms with Crippen molar-refractivity contribution in [3.05, 3.63) is 12.4 Å². The smallest absolute Gasteiger partial charge is 0.326 e. The van der Waals surface area contributed by atoms with Gasteiger partial charge in [0.15, 0.2) is 0 Å². The number of aryl methyl sites for hydroxylation is 1. The lowest BCUT2D eigenvalue weighted by molar-refractivity contribution is -0.141. The van der Waals surface area contributed by atoms with Gasteiger partial charge in [-0.3, -0.25) is 4.68 Å². The maximum atomic E-state index is 12.1. The van der Waals surface area contributed by atoms with E-state index in [0.29, 0.717) is 18.7 Å². The Bertz CT molecular complexity index is 501. The van der Waals surface area contributed by atoms with Crippen molar-refractivity contribution < 1.29 is 19.4 Å². The first-order valence-electron chi connectivity index (χ1n) is 6.40. The number of likely N-dealkylation sites (tertiary alicyclic amines) is 1. The molecule has 1 aromatic rings. The van der Waals surface area contributed by atoms with Crippen LogP contribution in [0.25, 0.3) is 0 Å². The molecule has 1 fully saturated rings. The maximum Gasteiger partial charge on any atom is 0.326 e. The van der Waals surface area contributed by atoms with Crippen LogP contribution in [0.1, 0.15) is 13.3 Å². The largest absolute Gasteiger partial charge is 0.480 e. The van der Waals surface area contributed by atoms with Crippen molar-refractivity contribution in [3.63, 3.8) is 0 Å². The molecule has 110 valence electrons. The van der Waals surface area contributed by atoms with Crippen LogP contribution in [0.3, 0.4) is 0 Å². The fraction of sp³-hybridized carbons (Fsp3) is 0.583. The molecule has 0 bridgehead atoms. The third-order valence-corrected chi connectivity index (χ3v) is 3.35. The summed E-state index contributed by atoms with van der Waals surface area (Å²) in [5.41, 5.74) is 0.543. The van der Waals surface area contributed by atoms with E-state index < -0.39 is 18.0 Å². The summed E-state index contributed by atoms with van der Waals surface area (Å²) >= 11 is 0. The second-order valence-corrected chi connectivity index (χ2v) is 4.61. The van der Waals surface area contributed by atoms with E-state index in [-0.39, 0.29) is 12.6 Å². The molecule has 0 aliphatic carbocycles. The van der Waals surface area contributed by atoms with Crippen LogP contribution in [0.2, 0.25) is 0 Å². The third kappa shape index (κ3) is 2.90. The Labute approximate surface area is 116 Å². The number of aromatic nitrogens is 2. The molecule has 8 heteroatoms. The number of methoxy groups -OCH3 is 1. The van der Waals surface area contributed by atoms with Crippen molar-refractivity contribution in [1.29, 1.82) is 0 Å². The number of anilines is 1. The highest BCUT2D eigenvalue weighted by Gasteiger charge is 2.39. The predicted molar refractivity (Wildman–Crippen MR) is 70.5 cm³/mol. The lowest BCUT2D eigenvalue weighted by Crippen LogP contribution is -2.43. The quantitative estimate of drug-likeness (QED) is 0.843. The minimum absolute atomic E-state index is 0.250. The topological polar surface area (TPSA) is 96.7 Å². The highest BCUT2D eigenvalue weighted by Crippen LogP contribution is 2.21. The van der Waals surface area contributed by atoms with E-state index in [2.05, 4.69) is 10.4 Å². The molecule has 0 spiro atoms. The number of nitrogens with one attached hydrogen (secondary N) is 1. The average Bonchev–Trinajstić information content (AvgIpc) is 3.04. The minimum Gasteiger partial charge on any atom is -0.480 e. The average molecular weight is 282 g/mol. The number of amides is 2. The van der Waals surface area contributed by atoms with Gasteiger partial charge in [0.1, 0.15) is 6.04 Å². The number of ether oxygens (including phenoxy) is 1. The number of hydrogen-bond acceptors (Lipinski definition) is 4. The summed E-state index contributed by atoms with van der Waals surface area (Å²) in [4.78, 5) is 24.6. The van der Waals surface area contributed by atoms with Crippen LogP contribution in [0.15, 0.2) is 12.4 Å². The zero-order valence-electron chi connectivity index (χ0n) is 11.4. The number of carboxylic acid groups (broad SMARTS) is 1. The molecule has 0 aromatic carbocycles. The molecule has 1 aliphatic rings. The number of carbonyl (C=O) groups is 2. The molecule has 0 radical (unpaired) electrons. The van der Waals surface area contributed by atoms with E-state index in [0.717, 1.165) is 0 Å². The fourth-order valence-electron chi connectivity index (χ4n) is 2.22. The summed E-state index contributed by atoms with van der Waals surface area (Å²) < 4.78 is 6.82. The van der Waals surface area contributed by atoms with Gasteiger partial charge in [-0.25, -0.2) is 9.59 Å². The minimum atomic E-state index is -1.02. The van der Waals surface area contributed by atoms with E-state index in [9.17, 15) is 9.59 Å². The van der Waals surface area contributed by atoms with Crippen LogP contribution in [-0.2, 0) is 16.1 Å². The maximum absolute atomic E-state index is 12.1. The Balaban J connectivity index is 2.05. The number of aliphatic carboxylic acids is 1. The van der Waals surface area contributed by atoms with E-state index in [1.807, 2.05) is 6.92 Å². The van der Waals surface area contributed by atoms with Crippen LogP contribution in [0.4, 0.5) is 10.5 Å². The van der Waals surface area contributed by atoms with Crippen LogP contribution in [0, 0.1) is 0 Å². The van der Waals surface area contributed by atoms with Gasteiger partial charge in [0.25, 0.3) is 0 Å². The molecule has 2 amide bonds. The number of hydrogen-bond donors (Lipinski definition) is 2. The molecular formula is C12H18N4O4. The van der Waals surface area contributed by atoms with Crippen LogP contribution >= 0.6 is 0 Å². The summed E-state index contributed by atoms with van der Waals surface area (Å²) in [5.74, 6) is -1.02. The van der Waals surface area contributed by atoms with Gasteiger partial charge in [-0.15, -0.1) is 0 Å². The SMILES string of the molecule is CCn1cc(NC(=O)N2CC(OC)CC2C(=O)O)cn1. The molecule has 1 aliphatic heterocycles. The van der Waals surface area contributed by atoms with Gasteiger partial charge >= 0.3 is 12.0 Å². The number of urea groups is 1. The second-order valence-electron chi connectivity index (χ2n) is 4.61. The zero-order chi connectivity index (χ0) is 14.7. The lowest BCUT2D eigenvalue weighted by Gasteiger charge is -2.21. The summed E-state index contributed by atoms with van der Waals surface area (Å²) in [6.45, 7) is 2.90. The standard InChI is InChI=1S/C12H18N4O4/c1-3-15-6-8(5-13-15)14-12(19)16-7-9(20-2)4-10(16)11(17)18/h5-6,9-10H,3-4,7H2,1-2H3,(H,14,19)(H,17,18). The Kier molecular flexibility index (Phi) is 4.23. The first-order valence-corrected chi connectivity index (χ1v) is 6.40. The fourth-order valence-corrected chi connectivity index (χ4v) is 2.22. The predicted octanol–water partition coefficient (Wildman–Crippen LogP) is 0.609. The van der Waals surface area contributed by atoms with Crippen molar-refractivity contribution in [3.8, 4) is 0 Å². The normalized spacial score (nSPS) is 22.0. The number of rotatable bonds is 4. The van der Waals surface area contributed by atoms with Crippen molar-refractivity contribution in [2.45, 2.75) is 32.0 Å². The summed E-state index contributed by atoms with van der Waals surface area (Å²) in [5, 5.41) is 15.9. The molecule has 2 N–H and O–H groups in total. The first-order chi connectivity index (χ1) is 9.55. The monoisotopic (exact) mass is 282 g/mol. The molecule has 2 atom stereocenters. The number of carbonyl (C=O) groups excluding carboxylic acids is 1. The summed E-state index contributed by atoms with van der Waals surface area (Å²) in [6, 6.07) is -1.31. The number of nitrogens with zero attached hydrogens (tertiary/aromatic N) is 3. The van der Waals surface area contributed by atoms with E-state index in [1.165, 1.54) is 18.2 Å². The summed E-state index contributed by atoms with van der Waals surface area (Å²) in [6.07, 6.45) is 3.27. The number of carboxylic acids is 1. The van der Waals surface area contributed by atoms with Crippen LogP contribution in [-0.4, -0.2) is 57.6 Å². The van der Waals surface area contributed by atoms with Gasteiger partial charge in [0, 0.05) is 32.8 Å². The van der Waals surface area contributed by atoms with Crippen molar-refractivity contribution in [2.75, 3.05) is 19.0 Å². The Hall–Kier alpha value is -2.09. The van der Waals surface area contributed by atoms with Gasteiger partial charge in [0.2, 0.25) is 0 Å². The first kappa shape index (κ1) is 14.3. The second kappa shape index (κ2) is 5.91. The van der Waals surface area contributed by atoms with Crippen LogP contribution < -0.4 is 5.32 Å². The van der Waals surface area contributed by atoms with Gasteiger partial charge in [-0.2, -0.15) is 5.10 Å². The molecule has 1 aromatic heterocycles. The highest BCUT2D eigenvalue weighted by molar-refractivity contribution is 5.92. The highest BCUT2D eigenvalue weighted by atomic mass is 16.5. The van der Waals surface area contributed by atoms with E-state index >= 15 is 0 Å². The Morgan fingerprint density at radius 1 is 1.60 bits per heavy atom. The third-order valence-electron chi connectivity index (χ3n) is 3.35. The molecule has 2 unspecified atom stereocenters. The lowest BCUT2D eigenvalue weighted by atomic mass is 10.2. The van der Waals surface area contributed by atoms with Crippen LogP contribution in [0.5, 0.6) is 0 Å². The van der Waals surface area contributed by atoms with Gasteiger partial charge in [0.05, 0.1) is 18.0 Å². The zero-order valence-corrected chi connectivity index (χ0v) is 11.4. The van der Waals surface area contributed by atoms with E-state index in [1.54, 1.807) is 10.9 Å². The molecule has 8 nitrogen and oxygen atoms in total. The van der Waals surface area contributed by atoms with Crippen molar-refractivity contribution in [1.82, 2.24) is 14.7 Å².